The van der Waals surface area contributed by atoms with Crippen LogP contribution in [-0.4, -0.2) is 0 Å². The molecule has 3 aliphatic carbocycles. The number of anilines is 3. The molecule has 0 aliphatic heterocycles. The van der Waals surface area contributed by atoms with Crippen molar-refractivity contribution in [2.45, 2.75) is 43.9 Å². The van der Waals surface area contributed by atoms with Gasteiger partial charge in [0.2, 0.25) is 0 Å². The zero-order chi connectivity index (χ0) is 41.8. The lowest BCUT2D eigenvalue weighted by molar-refractivity contribution is 0.563. The molecule has 0 N–H and O–H groups in total. The molecular weight excluding hydrogens is 747 g/mol. The first-order chi connectivity index (χ1) is 30.3. The van der Waals surface area contributed by atoms with Crippen molar-refractivity contribution >= 4 is 17.1 Å². The lowest BCUT2D eigenvalue weighted by Gasteiger charge is -2.46. The van der Waals surface area contributed by atoms with Crippen LogP contribution in [0.3, 0.4) is 0 Å². The highest BCUT2D eigenvalue weighted by Crippen LogP contribution is 2.62. The molecule has 0 bridgehead atoms. The molecule has 296 valence electrons. The summed E-state index contributed by atoms with van der Waals surface area (Å²) in [6.07, 6.45) is 0. The summed E-state index contributed by atoms with van der Waals surface area (Å²) in [6, 6.07) is 79.4. The Bertz CT molecular complexity index is 3170. The Balaban J connectivity index is 0.930. The molecule has 1 spiro atoms. The van der Waals surface area contributed by atoms with E-state index in [9.17, 15) is 0 Å². The van der Waals surface area contributed by atoms with Gasteiger partial charge in [-0.05, 0) is 131 Å². The summed E-state index contributed by atoms with van der Waals surface area (Å²) in [4.78, 5) is 2.37. The molecule has 9 aromatic rings. The van der Waals surface area contributed by atoms with Crippen LogP contribution in [-0.2, 0) is 16.2 Å². The van der Waals surface area contributed by atoms with Gasteiger partial charge in [0.05, 0.1) is 5.41 Å². The summed E-state index contributed by atoms with van der Waals surface area (Å²) in [5.74, 6) is 0. The summed E-state index contributed by atoms with van der Waals surface area (Å²) in [7, 11) is 0. The minimum atomic E-state index is -0.384. The van der Waals surface area contributed by atoms with Gasteiger partial charge in [-0.1, -0.05) is 198 Å². The van der Waals surface area contributed by atoms with Crippen molar-refractivity contribution < 1.29 is 0 Å². The van der Waals surface area contributed by atoms with Crippen molar-refractivity contribution in [3.05, 3.63) is 257 Å². The molecule has 0 radical (unpaired) electrons. The lowest BCUT2D eigenvalue weighted by atomic mass is 9.55. The minimum Gasteiger partial charge on any atom is -0.311 e. The third-order valence-corrected chi connectivity index (χ3v) is 14.5. The normalized spacial score (nSPS) is 15.2. The number of rotatable bonds is 5. The van der Waals surface area contributed by atoms with Crippen molar-refractivity contribution in [3.8, 4) is 44.5 Å². The highest BCUT2D eigenvalue weighted by Gasteiger charge is 2.53. The number of hydrogen-bond donors (Lipinski definition) is 0. The molecule has 0 heterocycles. The third kappa shape index (κ3) is 5.03. The maximum absolute atomic E-state index is 2.44. The van der Waals surface area contributed by atoms with Crippen molar-refractivity contribution in [2.75, 3.05) is 4.90 Å². The summed E-state index contributed by atoms with van der Waals surface area (Å²) >= 11 is 0. The van der Waals surface area contributed by atoms with E-state index < -0.39 is 0 Å². The number of hydrogen-bond acceptors (Lipinski definition) is 1. The van der Waals surface area contributed by atoms with E-state index in [0.29, 0.717) is 0 Å². The Labute approximate surface area is 365 Å². The zero-order valence-electron chi connectivity index (χ0n) is 35.7. The van der Waals surface area contributed by atoms with Gasteiger partial charge in [-0.25, -0.2) is 0 Å². The Morgan fingerprint density at radius 1 is 0.274 bits per heavy atom. The van der Waals surface area contributed by atoms with Gasteiger partial charge >= 0.3 is 0 Å². The van der Waals surface area contributed by atoms with Crippen LogP contribution in [0.5, 0.6) is 0 Å². The molecule has 12 rings (SSSR count). The maximum atomic E-state index is 2.44. The molecule has 0 atom stereocenters. The molecule has 62 heavy (non-hydrogen) atoms. The topological polar surface area (TPSA) is 3.24 Å². The minimum absolute atomic E-state index is 0.0768. The molecule has 0 saturated heterocycles. The summed E-state index contributed by atoms with van der Waals surface area (Å²) in [6.45, 7) is 9.50. The fraction of sp³-hybridized carbons (Fsp3) is 0.115. The number of fused-ring (bicyclic) bond motifs is 12. The van der Waals surface area contributed by atoms with E-state index in [1.807, 2.05) is 0 Å². The average molecular weight is 794 g/mol. The van der Waals surface area contributed by atoms with Gasteiger partial charge in [-0.15, -0.1) is 0 Å². The van der Waals surface area contributed by atoms with Crippen molar-refractivity contribution in [3.63, 3.8) is 0 Å². The second-order valence-corrected chi connectivity index (χ2v) is 18.4. The summed E-state index contributed by atoms with van der Waals surface area (Å²) in [5, 5.41) is 0. The van der Waals surface area contributed by atoms with Gasteiger partial charge in [0.25, 0.3) is 0 Å². The first-order valence-corrected chi connectivity index (χ1v) is 22.0. The second-order valence-electron chi connectivity index (χ2n) is 18.4. The van der Waals surface area contributed by atoms with Crippen LogP contribution in [0.4, 0.5) is 17.1 Å². The smallest absolute Gasteiger partial charge is 0.0719 e. The average Bonchev–Trinajstić information content (AvgIpc) is 3.75. The Kier molecular flexibility index (Phi) is 7.91. The molecule has 3 aliphatic rings. The standard InChI is InChI=1S/C61H47N/c1-59(2)54-25-12-14-27-56(54)61(57-28-15-13-26-55(57)59)52-24-11-9-20-48(52)50-39-42(33-38-53(50)61)40-29-34-44(35-30-40)62(43-17-6-5-7-18-43)45-36-31-41(32-37-45)46-21-16-22-49-47-19-8-10-23-51(47)60(3,4)58(46)49/h5-39H,1-4H3. The molecule has 0 fully saturated rings. The molecule has 1 nitrogen and oxygen atoms in total. The quantitative estimate of drug-likeness (QED) is 0.168. The van der Waals surface area contributed by atoms with E-state index >= 15 is 0 Å². The molecule has 9 aromatic carbocycles. The first kappa shape index (κ1) is 36.6. The largest absolute Gasteiger partial charge is 0.311 e. The van der Waals surface area contributed by atoms with E-state index in [2.05, 4.69) is 245 Å². The molecular formula is C61H47N. The van der Waals surface area contributed by atoms with Crippen molar-refractivity contribution in [1.82, 2.24) is 0 Å². The van der Waals surface area contributed by atoms with Crippen LogP contribution in [0.25, 0.3) is 44.5 Å². The fourth-order valence-electron chi connectivity index (χ4n) is 11.8. The molecule has 0 aromatic heterocycles. The predicted molar refractivity (Wildman–Crippen MR) is 259 cm³/mol. The van der Waals surface area contributed by atoms with Crippen LogP contribution < -0.4 is 4.90 Å². The maximum Gasteiger partial charge on any atom is 0.0719 e. The Hall–Kier alpha value is -7.22. The lowest BCUT2D eigenvalue weighted by Crippen LogP contribution is -2.40. The van der Waals surface area contributed by atoms with Gasteiger partial charge in [0.15, 0.2) is 0 Å². The van der Waals surface area contributed by atoms with Gasteiger partial charge in [-0.3, -0.25) is 0 Å². The Morgan fingerprint density at radius 3 is 1.34 bits per heavy atom. The van der Waals surface area contributed by atoms with E-state index in [0.717, 1.165) is 17.1 Å². The molecule has 0 saturated carbocycles. The van der Waals surface area contributed by atoms with Crippen LogP contribution in [0.1, 0.15) is 72.2 Å². The van der Waals surface area contributed by atoms with Gasteiger partial charge in [0.1, 0.15) is 0 Å². The highest BCUT2D eigenvalue weighted by atomic mass is 15.1. The van der Waals surface area contributed by atoms with Gasteiger partial charge in [0, 0.05) is 27.9 Å². The number of nitrogens with zero attached hydrogens (tertiary/aromatic N) is 1. The second kappa shape index (κ2) is 13.4. The highest BCUT2D eigenvalue weighted by molar-refractivity contribution is 5.92. The Morgan fingerprint density at radius 2 is 0.710 bits per heavy atom. The molecule has 0 amide bonds. The van der Waals surface area contributed by atoms with Gasteiger partial charge in [-0.2, -0.15) is 0 Å². The van der Waals surface area contributed by atoms with Crippen molar-refractivity contribution in [2.24, 2.45) is 0 Å². The third-order valence-electron chi connectivity index (χ3n) is 14.5. The van der Waals surface area contributed by atoms with E-state index in [-0.39, 0.29) is 16.2 Å². The SMILES string of the molecule is CC1(C)c2ccccc2C2(c3ccccc3-c3cc(-c4ccc(N(c5ccccc5)c5ccc(-c6cccc7c6C(C)(C)c6ccccc6-7)cc5)cc4)ccc32)c2ccccc21. The zero-order valence-corrected chi connectivity index (χ0v) is 35.7. The van der Waals surface area contributed by atoms with Crippen LogP contribution in [0.15, 0.2) is 212 Å². The van der Waals surface area contributed by atoms with E-state index in [4.69, 9.17) is 0 Å². The molecule has 1 heteroatoms. The fourth-order valence-corrected chi connectivity index (χ4v) is 11.8. The van der Waals surface area contributed by atoms with Crippen LogP contribution in [0.2, 0.25) is 0 Å². The predicted octanol–water partition coefficient (Wildman–Crippen LogP) is 15.8. The van der Waals surface area contributed by atoms with Crippen LogP contribution in [0, 0.1) is 0 Å². The van der Waals surface area contributed by atoms with E-state index in [1.165, 1.54) is 89.0 Å². The summed E-state index contributed by atoms with van der Waals surface area (Å²) in [5.41, 5.74) is 24.2. The van der Waals surface area contributed by atoms with Crippen molar-refractivity contribution in [1.29, 1.82) is 0 Å². The number of para-hydroxylation sites is 1. The molecule has 0 unspecified atom stereocenters. The van der Waals surface area contributed by atoms with Gasteiger partial charge < -0.3 is 4.90 Å². The van der Waals surface area contributed by atoms with Crippen LogP contribution >= 0.6 is 0 Å². The number of benzene rings is 9. The summed E-state index contributed by atoms with van der Waals surface area (Å²) < 4.78 is 0. The first-order valence-electron chi connectivity index (χ1n) is 22.0. The monoisotopic (exact) mass is 793 g/mol. The van der Waals surface area contributed by atoms with E-state index in [1.54, 1.807) is 0 Å².